The van der Waals surface area contributed by atoms with Gasteiger partial charge in [-0.3, -0.25) is 9.69 Å². The summed E-state index contributed by atoms with van der Waals surface area (Å²) in [5.41, 5.74) is 1.29. The Hall–Kier alpha value is -2.80. The van der Waals surface area contributed by atoms with Crippen molar-refractivity contribution in [3.05, 3.63) is 40.1 Å². The van der Waals surface area contributed by atoms with Gasteiger partial charge < -0.3 is 14.5 Å². The van der Waals surface area contributed by atoms with Crippen molar-refractivity contribution in [3.63, 3.8) is 0 Å². The van der Waals surface area contributed by atoms with Gasteiger partial charge in [0, 0.05) is 25.6 Å². The predicted molar refractivity (Wildman–Crippen MR) is 148 cm³/mol. The maximum Gasteiger partial charge on any atom is 0.277 e. The van der Waals surface area contributed by atoms with E-state index in [1.165, 1.54) is 12.1 Å². The molecule has 11 nitrogen and oxygen atoms in total. The number of imidazole rings is 1. The lowest BCUT2D eigenvalue weighted by Gasteiger charge is -2.26. The van der Waals surface area contributed by atoms with Crippen LogP contribution in [0.5, 0.6) is 5.75 Å². The van der Waals surface area contributed by atoms with Gasteiger partial charge in [-0.25, -0.2) is 22.6 Å². The number of hydrogen-bond acceptors (Lipinski definition) is 8. The maximum atomic E-state index is 13.3. The first-order chi connectivity index (χ1) is 18.9. The topological polar surface area (TPSA) is 131 Å². The zero-order valence-electron chi connectivity index (χ0n) is 22.7. The number of sulfonamides is 1. The number of nitrogens with one attached hydrogen (secondary N) is 2. The van der Waals surface area contributed by atoms with Crippen molar-refractivity contribution in [3.8, 4) is 17.1 Å². The van der Waals surface area contributed by atoms with Crippen molar-refractivity contribution in [1.82, 2.24) is 29.2 Å². The van der Waals surface area contributed by atoms with Crippen LogP contribution < -0.4 is 15.0 Å². The van der Waals surface area contributed by atoms with Gasteiger partial charge >= 0.3 is 0 Å². The van der Waals surface area contributed by atoms with E-state index < -0.39 is 10.0 Å². The number of nitrogens with zero attached hydrogens (tertiary/aromatic N) is 4. The molecule has 1 aliphatic carbocycles. The molecule has 1 aliphatic heterocycles. The lowest BCUT2D eigenvalue weighted by Crippen LogP contribution is -2.38. The standard InChI is InChI=1S/C27H38N6O5S/c1-3-22-24-27(34)30-25(31-33(24)26(29-22)19-8-5-6-9-19)21-18-20(10-11-23(21)38-4-2)39(35,36)28-12-7-13-32-14-16-37-17-15-32/h10-11,18-19,28H,3-9,12-17H2,1-2H3,(H,30,31,34). The highest BCUT2D eigenvalue weighted by Crippen LogP contribution is 2.35. The molecule has 0 radical (unpaired) electrons. The van der Waals surface area contributed by atoms with Crippen LogP contribution >= 0.6 is 0 Å². The summed E-state index contributed by atoms with van der Waals surface area (Å²) in [6, 6.07) is 4.66. The number of ether oxygens (including phenoxy) is 2. The van der Waals surface area contributed by atoms with Crippen molar-refractivity contribution in [2.75, 3.05) is 46.0 Å². The Morgan fingerprint density at radius 1 is 1.18 bits per heavy atom. The molecule has 3 aromatic rings. The molecule has 0 amide bonds. The molecule has 2 fully saturated rings. The largest absolute Gasteiger partial charge is 0.493 e. The van der Waals surface area contributed by atoms with Crippen LogP contribution in [0.15, 0.2) is 27.9 Å². The van der Waals surface area contributed by atoms with Crippen LogP contribution in [0.2, 0.25) is 0 Å². The van der Waals surface area contributed by atoms with Crippen LogP contribution in [0.4, 0.5) is 0 Å². The SMILES string of the molecule is CCOc1ccc(S(=O)(=O)NCCCN2CCOCC2)cc1-c1nn2c(C3CCCC3)nc(CC)c2c(=O)[nH]1. The van der Waals surface area contributed by atoms with Gasteiger partial charge in [0.25, 0.3) is 5.56 Å². The maximum absolute atomic E-state index is 13.3. The van der Waals surface area contributed by atoms with Crippen LogP contribution in [0, 0.1) is 0 Å². The van der Waals surface area contributed by atoms with Crippen molar-refractivity contribution in [2.24, 2.45) is 0 Å². The molecule has 0 spiro atoms. The lowest BCUT2D eigenvalue weighted by atomic mass is 10.1. The van der Waals surface area contributed by atoms with E-state index in [9.17, 15) is 13.2 Å². The Balaban J connectivity index is 1.46. The quantitative estimate of drug-likeness (QED) is 0.344. The fraction of sp³-hybridized carbons (Fsp3) is 0.593. The summed E-state index contributed by atoms with van der Waals surface area (Å²) < 4.78 is 41.9. The third-order valence-corrected chi connectivity index (χ3v) is 8.98. The van der Waals surface area contributed by atoms with Gasteiger partial charge in [-0.2, -0.15) is 0 Å². The molecule has 39 heavy (non-hydrogen) atoms. The van der Waals surface area contributed by atoms with E-state index >= 15 is 0 Å². The number of rotatable bonds is 11. The van der Waals surface area contributed by atoms with Crippen molar-refractivity contribution in [2.45, 2.75) is 63.2 Å². The molecule has 0 atom stereocenters. The Morgan fingerprint density at radius 3 is 2.67 bits per heavy atom. The number of morpholine rings is 1. The van der Waals surface area contributed by atoms with Crippen LogP contribution in [0.25, 0.3) is 16.9 Å². The van der Waals surface area contributed by atoms with Crippen molar-refractivity contribution in [1.29, 1.82) is 0 Å². The molecule has 1 saturated carbocycles. The molecule has 5 rings (SSSR count). The molecule has 0 unspecified atom stereocenters. The van der Waals surface area contributed by atoms with Gasteiger partial charge in [-0.1, -0.05) is 19.8 Å². The van der Waals surface area contributed by atoms with Crippen LogP contribution in [-0.2, 0) is 21.2 Å². The highest BCUT2D eigenvalue weighted by Gasteiger charge is 2.26. The summed E-state index contributed by atoms with van der Waals surface area (Å²) in [6.45, 7) is 8.49. The second-order valence-electron chi connectivity index (χ2n) is 10.1. The third-order valence-electron chi connectivity index (χ3n) is 7.52. The Kier molecular flexibility index (Phi) is 8.65. The van der Waals surface area contributed by atoms with Crippen molar-refractivity contribution >= 4 is 15.5 Å². The number of aromatic nitrogens is 4. The molecule has 2 N–H and O–H groups in total. The van der Waals surface area contributed by atoms with E-state index in [0.29, 0.717) is 56.0 Å². The van der Waals surface area contributed by atoms with Gasteiger partial charge in [0.2, 0.25) is 10.0 Å². The van der Waals surface area contributed by atoms with Crippen LogP contribution in [-0.4, -0.2) is 78.9 Å². The van der Waals surface area contributed by atoms with Crippen molar-refractivity contribution < 1.29 is 17.9 Å². The van der Waals surface area contributed by atoms with E-state index in [0.717, 1.165) is 56.8 Å². The van der Waals surface area contributed by atoms with E-state index in [1.54, 1.807) is 10.6 Å². The molecule has 2 aliphatic rings. The normalized spacial score (nSPS) is 17.3. The second kappa shape index (κ2) is 12.2. The fourth-order valence-corrected chi connectivity index (χ4v) is 6.57. The van der Waals surface area contributed by atoms with E-state index in [4.69, 9.17) is 19.6 Å². The second-order valence-corrected chi connectivity index (χ2v) is 11.9. The highest BCUT2D eigenvalue weighted by molar-refractivity contribution is 7.89. The molecule has 3 heterocycles. The van der Waals surface area contributed by atoms with Gasteiger partial charge in [0.15, 0.2) is 11.3 Å². The van der Waals surface area contributed by atoms with Gasteiger partial charge in [0.05, 0.1) is 36.0 Å². The molecule has 0 bridgehead atoms. The smallest absolute Gasteiger partial charge is 0.277 e. The fourth-order valence-electron chi connectivity index (χ4n) is 5.47. The third kappa shape index (κ3) is 6.03. The summed E-state index contributed by atoms with van der Waals surface area (Å²) >= 11 is 0. The molecule has 12 heteroatoms. The zero-order valence-corrected chi connectivity index (χ0v) is 23.6. The number of aromatic amines is 1. The highest BCUT2D eigenvalue weighted by atomic mass is 32.2. The molecule has 2 aromatic heterocycles. The Bertz CT molecular complexity index is 1460. The van der Waals surface area contributed by atoms with Gasteiger partial charge in [-0.15, -0.1) is 5.10 Å². The first kappa shape index (κ1) is 27.8. The average molecular weight is 559 g/mol. The number of H-pyrrole nitrogens is 1. The first-order valence-electron chi connectivity index (χ1n) is 14.0. The minimum absolute atomic E-state index is 0.0889. The first-order valence-corrected chi connectivity index (χ1v) is 15.5. The summed E-state index contributed by atoms with van der Waals surface area (Å²) in [5.74, 6) is 1.75. The number of hydrogen-bond donors (Lipinski definition) is 2. The lowest BCUT2D eigenvalue weighted by molar-refractivity contribution is 0.0376. The Morgan fingerprint density at radius 2 is 1.95 bits per heavy atom. The van der Waals surface area contributed by atoms with E-state index in [2.05, 4.69) is 14.6 Å². The summed E-state index contributed by atoms with van der Waals surface area (Å²) in [6.07, 6.45) is 5.60. The van der Waals surface area contributed by atoms with E-state index in [-0.39, 0.29) is 22.2 Å². The molecule has 212 valence electrons. The summed E-state index contributed by atoms with van der Waals surface area (Å²) in [4.78, 5) is 23.3. The molecular formula is C27H38N6O5S. The van der Waals surface area contributed by atoms with Crippen LogP contribution in [0.3, 0.4) is 0 Å². The average Bonchev–Trinajstić information content (AvgIpc) is 3.60. The van der Waals surface area contributed by atoms with E-state index in [1.807, 2.05) is 13.8 Å². The number of fused-ring (bicyclic) bond motifs is 1. The summed E-state index contributed by atoms with van der Waals surface area (Å²) in [5, 5.41) is 4.80. The molecule has 1 aromatic carbocycles. The minimum atomic E-state index is -3.79. The zero-order chi connectivity index (χ0) is 27.4. The number of aryl methyl sites for hydroxylation is 1. The summed E-state index contributed by atoms with van der Waals surface area (Å²) in [7, 11) is -3.79. The monoisotopic (exact) mass is 558 g/mol. The molecular weight excluding hydrogens is 520 g/mol. The van der Waals surface area contributed by atoms with Crippen LogP contribution in [0.1, 0.15) is 63.4 Å². The number of benzene rings is 1. The van der Waals surface area contributed by atoms with Gasteiger partial charge in [-0.05, 0) is 57.4 Å². The minimum Gasteiger partial charge on any atom is -0.493 e. The predicted octanol–water partition coefficient (Wildman–Crippen LogP) is 2.70. The Labute approximate surface area is 229 Å². The molecule has 1 saturated heterocycles. The van der Waals surface area contributed by atoms with Gasteiger partial charge in [0.1, 0.15) is 11.6 Å².